The Morgan fingerprint density at radius 1 is 1.40 bits per heavy atom. The topological polar surface area (TPSA) is 70.4 Å². The summed E-state index contributed by atoms with van der Waals surface area (Å²) < 4.78 is 4.92. The van der Waals surface area contributed by atoms with Crippen molar-refractivity contribution in [1.82, 2.24) is 0 Å². The predicted octanol–water partition coefficient (Wildman–Crippen LogP) is 1.76. The van der Waals surface area contributed by atoms with Gasteiger partial charge in [-0.3, -0.25) is 5.41 Å². The largest absolute Gasteiger partial charge is 0.497 e. The van der Waals surface area contributed by atoms with Crippen LogP contribution in [-0.4, -0.2) is 23.9 Å². The van der Waals surface area contributed by atoms with Crippen molar-refractivity contribution in [1.29, 1.82) is 5.41 Å². The Hall–Kier alpha value is -2.10. The van der Waals surface area contributed by atoms with E-state index in [1.165, 1.54) is 7.11 Å². The number of carbonyl (C=O) groups is 1. The molecule has 0 bridgehead atoms. The molecule has 78 valence electrons. The Kier molecular flexibility index (Phi) is 3.23. The first-order valence-corrected chi connectivity index (χ1v) is 4.22. The van der Waals surface area contributed by atoms with Crippen molar-refractivity contribution in [3.05, 3.63) is 42.0 Å². The van der Waals surface area contributed by atoms with E-state index in [4.69, 9.17) is 15.3 Å². The van der Waals surface area contributed by atoms with E-state index >= 15 is 0 Å². The summed E-state index contributed by atoms with van der Waals surface area (Å²) >= 11 is 0. The van der Waals surface area contributed by atoms with Gasteiger partial charge in [-0.1, -0.05) is 30.8 Å². The lowest BCUT2D eigenvalue weighted by Crippen LogP contribution is -2.14. The summed E-state index contributed by atoms with van der Waals surface area (Å²) in [5, 5.41) is 16.1. The van der Waals surface area contributed by atoms with Crippen LogP contribution in [0, 0.1) is 5.41 Å². The fourth-order valence-electron chi connectivity index (χ4n) is 1.17. The standard InChI is InChI=1S/C11H11NO3/c1-7(15-2)8-5-3-4-6-9(8)10(12)11(13)14/h3-6,12H,1H2,2H3,(H,13,14). The smallest absolute Gasteiger partial charge is 0.354 e. The van der Waals surface area contributed by atoms with Crippen LogP contribution in [0.2, 0.25) is 0 Å². The second kappa shape index (κ2) is 4.41. The quantitative estimate of drug-likeness (QED) is 0.581. The molecule has 0 amide bonds. The Bertz CT molecular complexity index is 424. The van der Waals surface area contributed by atoms with Crippen molar-refractivity contribution in [2.45, 2.75) is 0 Å². The molecule has 0 radical (unpaired) electrons. The number of carboxylic acid groups (broad SMARTS) is 1. The number of nitrogens with one attached hydrogen (secondary N) is 1. The van der Waals surface area contributed by atoms with Crippen molar-refractivity contribution in [2.75, 3.05) is 7.11 Å². The molecule has 0 atom stereocenters. The number of carboxylic acids is 1. The average Bonchev–Trinajstić information content (AvgIpc) is 2.27. The average molecular weight is 205 g/mol. The van der Waals surface area contributed by atoms with Gasteiger partial charge in [0.15, 0.2) is 0 Å². The highest BCUT2D eigenvalue weighted by Crippen LogP contribution is 2.18. The minimum absolute atomic E-state index is 0.303. The molecule has 0 unspecified atom stereocenters. The lowest BCUT2D eigenvalue weighted by Gasteiger charge is -2.09. The lowest BCUT2D eigenvalue weighted by atomic mass is 10.0. The van der Waals surface area contributed by atoms with Crippen molar-refractivity contribution >= 4 is 17.4 Å². The maximum atomic E-state index is 10.7. The van der Waals surface area contributed by atoms with E-state index in [2.05, 4.69) is 6.58 Å². The van der Waals surface area contributed by atoms with Crippen molar-refractivity contribution in [2.24, 2.45) is 0 Å². The van der Waals surface area contributed by atoms with Crippen LogP contribution in [0.5, 0.6) is 0 Å². The SMILES string of the molecule is C=C(OC)c1ccccc1C(=N)C(=O)O. The summed E-state index contributed by atoms with van der Waals surface area (Å²) in [7, 11) is 1.45. The Morgan fingerprint density at radius 2 is 1.93 bits per heavy atom. The first-order chi connectivity index (χ1) is 7.07. The molecule has 0 aromatic heterocycles. The maximum Gasteiger partial charge on any atom is 0.354 e. The van der Waals surface area contributed by atoms with E-state index in [0.29, 0.717) is 16.9 Å². The van der Waals surface area contributed by atoms with Gasteiger partial charge in [0.2, 0.25) is 0 Å². The molecule has 4 nitrogen and oxygen atoms in total. The van der Waals surface area contributed by atoms with Gasteiger partial charge in [0.1, 0.15) is 11.5 Å². The summed E-state index contributed by atoms with van der Waals surface area (Å²) in [4.78, 5) is 10.7. The minimum Gasteiger partial charge on any atom is -0.497 e. The van der Waals surface area contributed by atoms with Gasteiger partial charge < -0.3 is 9.84 Å². The Balaban J connectivity index is 3.23. The molecule has 1 rings (SSSR count). The molecule has 1 aromatic rings. The predicted molar refractivity (Wildman–Crippen MR) is 56.9 cm³/mol. The normalized spacial score (nSPS) is 9.40. The number of hydrogen-bond donors (Lipinski definition) is 2. The summed E-state index contributed by atoms with van der Waals surface area (Å²) in [6.07, 6.45) is 0. The molecule has 0 fully saturated rings. The number of benzene rings is 1. The van der Waals surface area contributed by atoms with Crippen LogP contribution in [-0.2, 0) is 9.53 Å². The monoisotopic (exact) mass is 205 g/mol. The number of hydrogen-bond acceptors (Lipinski definition) is 3. The molecular formula is C11H11NO3. The van der Waals surface area contributed by atoms with Crippen LogP contribution in [0.3, 0.4) is 0 Å². The third-order valence-corrected chi connectivity index (χ3v) is 1.96. The number of ether oxygens (including phenoxy) is 1. The molecular weight excluding hydrogens is 194 g/mol. The fourth-order valence-corrected chi connectivity index (χ4v) is 1.17. The van der Waals surface area contributed by atoms with E-state index < -0.39 is 11.7 Å². The maximum absolute atomic E-state index is 10.7. The van der Waals surface area contributed by atoms with Crippen LogP contribution >= 0.6 is 0 Å². The molecule has 0 saturated heterocycles. The molecule has 0 saturated carbocycles. The number of rotatable bonds is 4. The minimum atomic E-state index is -1.27. The van der Waals surface area contributed by atoms with E-state index in [9.17, 15) is 4.79 Å². The van der Waals surface area contributed by atoms with Crippen LogP contribution in [0.25, 0.3) is 5.76 Å². The molecule has 4 heteroatoms. The van der Waals surface area contributed by atoms with Crippen LogP contribution in [0.4, 0.5) is 0 Å². The van der Waals surface area contributed by atoms with Gasteiger partial charge in [0.05, 0.1) is 7.11 Å². The second-order valence-electron chi connectivity index (χ2n) is 2.85. The molecule has 0 aliphatic carbocycles. The summed E-state index contributed by atoms with van der Waals surface area (Å²) in [6, 6.07) is 6.62. The van der Waals surface area contributed by atoms with Crippen LogP contribution in [0.15, 0.2) is 30.8 Å². The molecule has 0 spiro atoms. The highest BCUT2D eigenvalue weighted by atomic mass is 16.5. The first-order valence-electron chi connectivity index (χ1n) is 4.22. The van der Waals surface area contributed by atoms with E-state index in [-0.39, 0.29) is 0 Å². The molecule has 15 heavy (non-hydrogen) atoms. The second-order valence-corrected chi connectivity index (χ2v) is 2.85. The molecule has 2 N–H and O–H groups in total. The van der Waals surface area contributed by atoms with Crippen molar-refractivity contribution < 1.29 is 14.6 Å². The zero-order chi connectivity index (χ0) is 11.4. The van der Waals surface area contributed by atoms with Gasteiger partial charge in [0, 0.05) is 11.1 Å². The first kappa shape index (κ1) is 11.0. The van der Waals surface area contributed by atoms with Crippen molar-refractivity contribution in [3.8, 4) is 0 Å². The highest BCUT2D eigenvalue weighted by molar-refractivity contribution is 6.41. The summed E-state index contributed by atoms with van der Waals surface area (Å²) in [6.45, 7) is 3.63. The highest BCUT2D eigenvalue weighted by Gasteiger charge is 2.15. The summed E-state index contributed by atoms with van der Waals surface area (Å²) in [5.41, 5.74) is 0.355. The van der Waals surface area contributed by atoms with Gasteiger partial charge in [-0.05, 0) is 0 Å². The molecule has 0 aliphatic heterocycles. The third-order valence-electron chi connectivity index (χ3n) is 1.96. The van der Waals surface area contributed by atoms with E-state index in [1.807, 2.05) is 0 Å². The van der Waals surface area contributed by atoms with Gasteiger partial charge in [-0.2, -0.15) is 0 Å². The van der Waals surface area contributed by atoms with Gasteiger partial charge in [-0.15, -0.1) is 0 Å². The molecule has 0 aliphatic rings. The third kappa shape index (κ3) is 2.22. The van der Waals surface area contributed by atoms with Gasteiger partial charge in [-0.25, -0.2) is 4.79 Å². The fraction of sp³-hybridized carbons (Fsp3) is 0.0909. The zero-order valence-electron chi connectivity index (χ0n) is 8.28. The van der Waals surface area contributed by atoms with Crippen LogP contribution in [0.1, 0.15) is 11.1 Å². The van der Waals surface area contributed by atoms with Gasteiger partial charge >= 0.3 is 5.97 Å². The Morgan fingerprint density at radius 3 is 2.40 bits per heavy atom. The number of aliphatic carboxylic acids is 1. The van der Waals surface area contributed by atoms with E-state index in [1.54, 1.807) is 24.3 Å². The van der Waals surface area contributed by atoms with Gasteiger partial charge in [0.25, 0.3) is 0 Å². The Labute approximate surface area is 87.3 Å². The van der Waals surface area contributed by atoms with Crippen molar-refractivity contribution in [3.63, 3.8) is 0 Å². The van der Waals surface area contributed by atoms with Crippen LogP contribution < -0.4 is 0 Å². The number of methoxy groups -OCH3 is 1. The molecule has 1 aromatic carbocycles. The zero-order valence-corrected chi connectivity index (χ0v) is 8.28. The van der Waals surface area contributed by atoms with E-state index in [0.717, 1.165) is 0 Å². The lowest BCUT2D eigenvalue weighted by molar-refractivity contribution is -0.129. The summed E-state index contributed by atoms with van der Waals surface area (Å²) in [5.74, 6) is -0.928. The molecule has 0 heterocycles.